The van der Waals surface area contributed by atoms with Gasteiger partial charge in [-0.3, -0.25) is 0 Å². The summed E-state index contributed by atoms with van der Waals surface area (Å²) in [7, 11) is -3.20. The van der Waals surface area contributed by atoms with Crippen molar-refractivity contribution in [3.63, 3.8) is 0 Å². The van der Waals surface area contributed by atoms with E-state index in [-0.39, 0.29) is 4.90 Å². The normalized spacial score (nSPS) is 11.3. The van der Waals surface area contributed by atoms with Crippen LogP contribution >= 0.6 is 0 Å². The molecule has 1 aromatic heterocycles. The summed E-state index contributed by atoms with van der Waals surface area (Å²) in [5, 5.41) is 0. The number of aryl methyl sites for hydroxylation is 1. The lowest BCUT2D eigenvalue weighted by atomic mass is 10.3. The third-order valence-electron chi connectivity index (χ3n) is 2.48. The van der Waals surface area contributed by atoms with E-state index < -0.39 is 9.84 Å². The first-order valence-electron chi connectivity index (χ1n) is 5.56. The van der Waals surface area contributed by atoms with Crippen molar-refractivity contribution in [2.75, 3.05) is 12.0 Å². The highest BCUT2D eigenvalue weighted by molar-refractivity contribution is 7.90. The van der Waals surface area contributed by atoms with Gasteiger partial charge in [0.05, 0.1) is 10.6 Å². The molecule has 0 atom stereocenters. The van der Waals surface area contributed by atoms with E-state index in [1.807, 2.05) is 6.92 Å². The van der Waals surface area contributed by atoms with Crippen molar-refractivity contribution >= 4 is 15.5 Å². The lowest BCUT2D eigenvalue weighted by Crippen LogP contribution is -1.98. The maximum Gasteiger partial charge on any atom is 0.242 e. The molecule has 19 heavy (non-hydrogen) atoms. The first-order valence-corrected chi connectivity index (χ1v) is 7.45. The van der Waals surface area contributed by atoms with Crippen molar-refractivity contribution in [3.8, 4) is 11.6 Å². The van der Waals surface area contributed by atoms with Crippen molar-refractivity contribution < 1.29 is 13.2 Å². The average Bonchev–Trinajstić information content (AvgIpc) is 2.32. The molecule has 0 saturated heterocycles. The Morgan fingerprint density at radius 1 is 1.21 bits per heavy atom. The van der Waals surface area contributed by atoms with Gasteiger partial charge in [-0.25, -0.2) is 13.4 Å². The molecular formula is C13H14N2O3S. The fourth-order valence-electron chi connectivity index (χ4n) is 1.53. The van der Waals surface area contributed by atoms with Gasteiger partial charge < -0.3 is 10.5 Å². The summed E-state index contributed by atoms with van der Waals surface area (Å²) < 4.78 is 28.1. The second kappa shape index (κ2) is 4.89. The van der Waals surface area contributed by atoms with E-state index in [2.05, 4.69) is 4.98 Å². The lowest BCUT2D eigenvalue weighted by molar-refractivity contribution is 0.465. The van der Waals surface area contributed by atoms with Crippen molar-refractivity contribution in [2.45, 2.75) is 11.8 Å². The van der Waals surface area contributed by atoms with Gasteiger partial charge in [-0.2, -0.15) is 0 Å². The highest BCUT2D eigenvalue weighted by atomic mass is 32.2. The molecule has 2 rings (SSSR count). The Bertz CT molecular complexity index is 694. The summed E-state index contributed by atoms with van der Waals surface area (Å²) in [6.45, 7) is 1.88. The van der Waals surface area contributed by atoms with Gasteiger partial charge in [0.2, 0.25) is 5.88 Å². The average molecular weight is 278 g/mol. The first kappa shape index (κ1) is 13.4. The monoisotopic (exact) mass is 278 g/mol. The fraction of sp³-hybridized carbons (Fsp3) is 0.154. The van der Waals surface area contributed by atoms with Crippen LogP contribution in [0.25, 0.3) is 0 Å². The highest BCUT2D eigenvalue weighted by Gasteiger charge is 2.08. The van der Waals surface area contributed by atoms with Crippen LogP contribution in [-0.4, -0.2) is 19.7 Å². The molecule has 0 spiro atoms. The maximum absolute atomic E-state index is 11.3. The van der Waals surface area contributed by atoms with E-state index in [0.717, 1.165) is 11.8 Å². The SMILES string of the molecule is Cc1cnc(Oc2ccc(S(C)(=O)=O)cc2)c(N)c1. The van der Waals surface area contributed by atoms with Gasteiger partial charge in [-0.1, -0.05) is 0 Å². The van der Waals surface area contributed by atoms with E-state index in [0.29, 0.717) is 17.3 Å². The number of ether oxygens (including phenoxy) is 1. The van der Waals surface area contributed by atoms with Gasteiger partial charge in [-0.05, 0) is 42.8 Å². The number of nitrogens with two attached hydrogens (primary N) is 1. The predicted molar refractivity (Wildman–Crippen MR) is 73.0 cm³/mol. The molecule has 5 nitrogen and oxygen atoms in total. The third-order valence-corrected chi connectivity index (χ3v) is 3.61. The number of rotatable bonds is 3. The van der Waals surface area contributed by atoms with E-state index >= 15 is 0 Å². The molecule has 0 amide bonds. The van der Waals surface area contributed by atoms with Crippen LogP contribution in [0.1, 0.15) is 5.56 Å². The van der Waals surface area contributed by atoms with Gasteiger partial charge in [0.1, 0.15) is 5.75 Å². The largest absolute Gasteiger partial charge is 0.437 e. The number of benzene rings is 1. The standard InChI is InChI=1S/C13H14N2O3S/c1-9-7-12(14)13(15-8-9)18-10-3-5-11(6-4-10)19(2,16)17/h3-8H,14H2,1-2H3. The summed E-state index contributed by atoms with van der Waals surface area (Å²) >= 11 is 0. The Hall–Kier alpha value is -2.08. The van der Waals surface area contributed by atoms with Gasteiger partial charge in [0, 0.05) is 12.5 Å². The second-order valence-electron chi connectivity index (χ2n) is 4.25. The number of pyridine rings is 1. The number of nitrogens with zero attached hydrogens (tertiary/aromatic N) is 1. The summed E-state index contributed by atoms with van der Waals surface area (Å²) in [6.07, 6.45) is 2.80. The minimum absolute atomic E-state index is 0.240. The number of anilines is 1. The molecule has 0 saturated carbocycles. The van der Waals surface area contributed by atoms with Crippen molar-refractivity contribution in [3.05, 3.63) is 42.1 Å². The van der Waals surface area contributed by atoms with Gasteiger partial charge in [-0.15, -0.1) is 0 Å². The molecular weight excluding hydrogens is 264 g/mol. The van der Waals surface area contributed by atoms with Crippen molar-refractivity contribution in [1.82, 2.24) is 4.98 Å². The predicted octanol–water partition coefficient (Wildman–Crippen LogP) is 2.17. The second-order valence-corrected chi connectivity index (χ2v) is 6.27. The van der Waals surface area contributed by atoms with E-state index in [9.17, 15) is 8.42 Å². The molecule has 100 valence electrons. The molecule has 0 bridgehead atoms. The molecule has 0 radical (unpaired) electrons. The van der Waals surface area contributed by atoms with Crippen molar-refractivity contribution in [1.29, 1.82) is 0 Å². The van der Waals surface area contributed by atoms with Crippen LogP contribution in [0.15, 0.2) is 41.4 Å². The molecule has 0 aliphatic rings. The lowest BCUT2D eigenvalue weighted by Gasteiger charge is -2.08. The zero-order chi connectivity index (χ0) is 14.0. The zero-order valence-electron chi connectivity index (χ0n) is 10.6. The topological polar surface area (TPSA) is 82.3 Å². The summed E-state index contributed by atoms with van der Waals surface area (Å²) in [5.41, 5.74) is 7.16. The van der Waals surface area contributed by atoms with Crippen molar-refractivity contribution in [2.24, 2.45) is 0 Å². The molecule has 0 unspecified atom stereocenters. The van der Waals surface area contributed by atoms with Crippen LogP contribution in [0.3, 0.4) is 0 Å². The van der Waals surface area contributed by atoms with Gasteiger partial charge in [0.25, 0.3) is 0 Å². The minimum Gasteiger partial charge on any atom is -0.437 e. The molecule has 0 aliphatic heterocycles. The van der Waals surface area contributed by atoms with Crippen LogP contribution in [0.5, 0.6) is 11.6 Å². The number of hydrogen-bond acceptors (Lipinski definition) is 5. The summed E-state index contributed by atoms with van der Waals surface area (Å²) in [5.74, 6) is 0.785. The zero-order valence-corrected chi connectivity index (χ0v) is 11.4. The molecule has 1 heterocycles. The molecule has 6 heteroatoms. The van der Waals surface area contributed by atoms with Crippen LogP contribution in [-0.2, 0) is 9.84 Å². The number of sulfone groups is 1. The minimum atomic E-state index is -3.20. The number of aromatic nitrogens is 1. The van der Waals surface area contributed by atoms with Gasteiger partial charge in [0.15, 0.2) is 9.84 Å². The molecule has 1 aromatic carbocycles. The van der Waals surface area contributed by atoms with E-state index in [1.54, 1.807) is 24.4 Å². The third kappa shape index (κ3) is 3.23. The van der Waals surface area contributed by atoms with Crippen LogP contribution in [0.4, 0.5) is 5.69 Å². The number of nitrogen functional groups attached to an aromatic ring is 1. The van der Waals surface area contributed by atoms with Crippen LogP contribution in [0, 0.1) is 6.92 Å². The summed E-state index contributed by atoms with van der Waals surface area (Å²) in [6, 6.07) is 7.85. The van der Waals surface area contributed by atoms with E-state index in [1.165, 1.54) is 12.1 Å². The van der Waals surface area contributed by atoms with E-state index in [4.69, 9.17) is 10.5 Å². The Labute approximate surface area is 112 Å². The quantitative estimate of drug-likeness (QED) is 0.930. The first-order chi connectivity index (χ1) is 8.86. The Morgan fingerprint density at radius 3 is 2.37 bits per heavy atom. The Balaban J connectivity index is 2.25. The Morgan fingerprint density at radius 2 is 1.84 bits per heavy atom. The van der Waals surface area contributed by atoms with Crippen LogP contribution < -0.4 is 10.5 Å². The fourth-order valence-corrected chi connectivity index (χ4v) is 2.16. The molecule has 2 N–H and O–H groups in total. The highest BCUT2D eigenvalue weighted by Crippen LogP contribution is 2.26. The molecule has 2 aromatic rings. The van der Waals surface area contributed by atoms with Gasteiger partial charge >= 0.3 is 0 Å². The summed E-state index contributed by atoms with van der Waals surface area (Å²) in [4.78, 5) is 4.32. The molecule has 0 aliphatic carbocycles. The number of hydrogen-bond donors (Lipinski definition) is 1. The maximum atomic E-state index is 11.3. The van der Waals surface area contributed by atoms with Crippen LogP contribution in [0.2, 0.25) is 0 Å². The smallest absolute Gasteiger partial charge is 0.242 e. The molecule has 0 fully saturated rings. The Kier molecular flexibility index (Phi) is 3.44.